The monoisotopic (exact) mass is 275 g/mol. The highest BCUT2D eigenvalue weighted by molar-refractivity contribution is 7.98. The van der Waals surface area contributed by atoms with E-state index in [1.165, 1.54) is 10.9 Å². The average Bonchev–Trinajstić information content (AvgIpc) is 2.92. The van der Waals surface area contributed by atoms with Crippen molar-refractivity contribution in [2.75, 3.05) is 0 Å². The molecule has 90 valence electrons. The number of benzene rings is 2. The van der Waals surface area contributed by atoms with Gasteiger partial charge in [0.25, 0.3) is 0 Å². The standard InChI is InChI=1S/C13H10ClN3S/c14-12-6-5-9(8-18-13-7-15-17-16-13)10-3-1-2-4-11(10)12/h1-7H,8H2,(H,15,16,17). The molecule has 0 bridgehead atoms. The Hall–Kier alpha value is -1.52. The van der Waals surface area contributed by atoms with Crippen molar-refractivity contribution in [2.45, 2.75) is 10.8 Å². The van der Waals surface area contributed by atoms with Crippen LogP contribution in [0, 0.1) is 0 Å². The van der Waals surface area contributed by atoms with Crippen LogP contribution in [0.25, 0.3) is 10.8 Å². The van der Waals surface area contributed by atoms with Gasteiger partial charge in [-0.05, 0) is 17.0 Å². The first-order chi connectivity index (χ1) is 8.84. The molecule has 0 amide bonds. The molecule has 0 spiro atoms. The first-order valence-corrected chi connectivity index (χ1v) is 6.86. The second-order valence-corrected chi connectivity index (χ2v) is 5.26. The second kappa shape index (κ2) is 5.00. The molecule has 0 unspecified atom stereocenters. The van der Waals surface area contributed by atoms with Gasteiger partial charge < -0.3 is 0 Å². The van der Waals surface area contributed by atoms with Crippen molar-refractivity contribution in [3.63, 3.8) is 0 Å². The van der Waals surface area contributed by atoms with Gasteiger partial charge in [-0.25, -0.2) is 0 Å². The maximum absolute atomic E-state index is 6.19. The van der Waals surface area contributed by atoms with Gasteiger partial charge in [0, 0.05) is 16.2 Å². The predicted molar refractivity (Wildman–Crippen MR) is 74.9 cm³/mol. The zero-order chi connectivity index (χ0) is 12.4. The molecule has 2 aromatic carbocycles. The van der Waals surface area contributed by atoms with Gasteiger partial charge in [-0.2, -0.15) is 0 Å². The van der Waals surface area contributed by atoms with Crippen molar-refractivity contribution in [3.05, 3.63) is 53.2 Å². The van der Waals surface area contributed by atoms with Crippen LogP contribution >= 0.6 is 23.4 Å². The van der Waals surface area contributed by atoms with Crippen LogP contribution in [0.5, 0.6) is 0 Å². The maximum atomic E-state index is 6.19. The minimum atomic E-state index is 0.792. The second-order valence-electron chi connectivity index (χ2n) is 3.85. The molecule has 0 saturated carbocycles. The van der Waals surface area contributed by atoms with Crippen molar-refractivity contribution >= 4 is 34.1 Å². The number of nitrogens with one attached hydrogen (secondary N) is 1. The molecule has 0 atom stereocenters. The smallest absolute Gasteiger partial charge is 0.138 e. The molecule has 1 heterocycles. The van der Waals surface area contributed by atoms with Crippen LogP contribution in [0.15, 0.2) is 47.6 Å². The summed E-state index contributed by atoms with van der Waals surface area (Å²) in [7, 11) is 0. The average molecular weight is 276 g/mol. The summed E-state index contributed by atoms with van der Waals surface area (Å²) in [5.41, 5.74) is 1.25. The Kier molecular flexibility index (Phi) is 3.21. The third kappa shape index (κ3) is 2.21. The molecule has 0 saturated heterocycles. The lowest BCUT2D eigenvalue weighted by Gasteiger charge is -2.06. The number of aromatic nitrogens is 3. The molecule has 3 nitrogen and oxygen atoms in total. The first kappa shape index (κ1) is 11.6. The largest absolute Gasteiger partial charge is 0.264 e. The minimum absolute atomic E-state index is 0.792. The molecular formula is C13H10ClN3S. The number of thioether (sulfide) groups is 1. The summed E-state index contributed by atoms with van der Waals surface area (Å²) < 4.78 is 0. The molecule has 0 fully saturated rings. The van der Waals surface area contributed by atoms with E-state index in [9.17, 15) is 0 Å². The van der Waals surface area contributed by atoms with Crippen LogP contribution in [0.3, 0.4) is 0 Å². The van der Waals surface area contributed by atoms with Gasteiger partial charge in [0.2, 0.25) is 0 Å². The summed E-state index contributed by atoms with van der Waals surface area (Å²) in [6.07, 6.45) is 1.79. The summed E-state index contributed by atoms with van der Waals surface area (Å²) >= 11 is 7.85. The summed E-state index contributed by atoms with van der Waals surface area (Å²) in [6.45, 7) is 0. The lowest BCUT2D eigenvalue weighted by molar-refractivity contribution is 0.911. The van der Waals surface area contributed by atoms with Crippen molar-refractivity contribution in [1.29, 1.82) is 0 Å². The lowest BCUT2D eigenvalue weighted by atomic mass is 10.1. The molecule has 3 rings (SSSR count). The van der Waals surface area contributed by atoms with Crippen LogP contribution in [-0.4, -0.2) is 15.4 Å². The Morgan fingerprint density at radius 2 is 1.94 bits per heavy atom. The van der Waals surface area contributed by atoms with Crippen molar-refractivity contribution in [3.8, 4) is 0 Å². The molecule has 3 aromatic rings. The number of nitrogens with zero attached hydrogens (tertiary/aromatic N) is 2. The summed E-state index contributed by atoms with van der Waals surface area (Å²) in [5.74, 6) is 0.851. The van der Waals surface area contributed by atoms with E-state index in [0.29, 0.717) is 0 Å². The van der Waals surface area contributed by atoms with Gasteiger partial charge in [0.1, 0.15) is 5.03 Å². The normalized spacial score (nSPS) is 10.9. The zero-order valence-electron chi connectivity index (χ0n) is 9.43. The van der Waals surface area contributed by atoms with E-state index in [0.717, 1.165) is 21.2 Å². The Morgan fingerprint density at radius 1 is 1.11 bits per heavy atom. The summed E-state index contributed by atoms with van der Waals surface area (Å²) in [6, 6.07) is 12.2. The predicted octanol–water partition coefficient (Wildman–Crippen LogP) is 3.90. The molecule has 1 aromatic heterocycles. The molecule has 0 aliphatic rings. The number of hydrogen-bond donors (Lipinski definition) is 1. The minimum Gasteiger partial charge on any atom is -0.264 e. The lowest BCUT2D eigenvalue weighted by Crippen LogP contribution is -1.85. The number of fused-ring (bicyclic) bond motifs is 1. The number of hydrogen-bond acceptors (Lipinski definition) is 3. The highest BCUT2D eigenvalue weighted by Gasteiger charge is 2.05. The molecule has 0 aliphatic heterocycles. The van der Waals surface area contributed by atoms with E-state index in [-0.39, 0.29) is 0 Å². The van der Waals surface area contributed by atoms with E-state index >= 15 is 0 Å². The topological polar surface area (TPSA) is 41.6 Å². The van der Waals surface area contributed by atoms with Gasteiger partial charge in [-0.1, -0.05) is 58.9 Å². The molecule has 5 heteroatoms. The fraction of sp³-hybridized carbons (Fsp3) is 0.0769. The van der Waals surface area contributed by atoms with Gasteiger partial charge in [-0.15, -0.1) is 5.10 Å². The van der Waals surface area contributed by atoms with E-state index in [4.69, 9.17) is 11.6 Å². The Balaban J connectivity index is 1.94. The number of halogens is 1. The summed E-state index contributed by atoms with van der Waals surface area (Å²) in [5, 5.41) is 14.3. The van der Waals surface area contributed by atoms with Crippen LogP contribution in [0.2, 0.25) is 5.02 Å². The maximum Gasteiger partial charge on any atom is 0.138 e. The highest BCUT2D eigenvalue weighted by atomic mass is 35.5. The van der Waals surface area contributed by atoms with Crippen LogP contribution in [0.4, 0.5) is 0 Å². The van der Waals surface area contributed by atoms with E-state index < -0.39 is 0 Å². The summed E-state index contributed by atoms with van der Waals surface area (Å²) in [4.78, 5) is 0. The third-order valence-electron chi connectivity index (χ3n) is 2.73. The molecule has 0 aliphatic carbocycles. The van der Waals surface area contributed by atoms with Gasteiger partial charge >= 0.3 is 0 Å². The van der Waals surface area contributed by atoms with Gasteiger partial charge in [-0.3, -0.25) is 5.10 Å². The first-order valence-electron chi connectivity index (χ1n) is 5.50. The fourth-order valence-corrected chi connectivity index (χ4v) is 2.88. The fourth-order valence-electron chi connectivity index (χ4n) is 1.86. The molecule has 1 N–H and O–H groups in total. The molecular weight excluding hydrogens is 266 g/mol. The van der Waals surface area contributed by atoms with Crippen molar-refractivity contribution in [2.24, 2.45) is 0 Å². The Morgan fingerprint density at radius 3 is 2.72 bits per heavy atom. The van der Waals surface area contributed by atoms with E-state index in [1.807, 2.05) is 24.3 Å². The quantitative estimate of drug-likeness (QED) is 0.737. The van der Waals surface area contributed by atoms with Crippen LogP contribution in [-0.2, 0) is 5.75 Å². The van der Waals surface area contributed by atoms with Gasteiger partial charge in [0.15, 0.2) is 0 Å². The molecule has 0 radical (unpaired) electrons. The SMILES string of the molecule is Clc1ccc(CSc2c[nH]nn2)c2ccccc12. The number of aromatic amines is 1. The van der Waals surface area contributed by atoms with E-state index in [2.05, 4.69) is 27.5 Å². The highest BCUT2D eigenvalue weighted by Crippen LogP contribution is 2.30. The number of H-pyrrole nitrogens is 1. The molecule has 18 heavy (non-hydrogen) atoms. The van der Waals surface area contributed by atoms with E-state index in [1.54, 1.807) is 18.0 Å². The van der Waals surface area contributed by atoms with Gasteiger partial charge in [0.05, 0.1) is 6.20 Å². The third-order valence-corrected chi connectivity index (χ3v) is 4.01. The van der Waals surface area contributed by atoms with Crippen molar-refractivity contribution in [1.82, 2.24) is 15.4 Å². The Bertz CT molecular complexity index is 667. The van der Waals surface area contributed by atoms with Crippen molar-refractivity contribution < 1.29 is 0 Å². The van der Waals surface area contributed by atoms with Crippen LogP contribution in [0.1, 0.15) is 5.56 Å². The zero-order valence-corrected chi connectivity index (χ0v) is 11.0. The number of rotatable bonds is 3. The van der Waals surface area contributed by atoms with Crippen LogP contribution < -0.4 is 0 Å². The Labute approximate surface area is 114 Å².